The smallest absolute Gasteiger partial charge is 0.303 e. The van der Waals surface area contributed by atoms with Crippen molar-refractivity contribution in [2.45, 2.75) is 45.4 Å². The zero-order valence-corrected chi connectivity index (χ0v) is 18.2. The number of carboxylic acids is 1. The lowest BCUT2D eigenvalue weighted by atomic mass is 9.93. The summed E-state index contributed by atoms with van der Waals surface area (Å²) < 4.78 is 0. The van der Waals surface area contributed by atoms with Gasteiger partial charge in [-0.1, -0.05) is 43.4 Å². The maximum absolute atomic E-state index is 12.4. The van der Waals surface area contributed by atoms with Crippen molar-refractivity contribution in [2.75, 3.05) is 6.54 Å². The predicted octanol–water partition coefficient (Wildman–Crippen LogP) is 4.55. The van der Waals surface area contributed by atoms with Crippen molar-refractivity contribution in [1.29, 1.82) is 0 Å². The van der Waals surface area contributed by atoms with Gasteiger partial charge in [-0.25, -0.2) is 0 Å². The fourth-order valence-corrected chi connectivity index (χ4v) is 3.27. The molecule has 164 valence electrons. The van der Waals surface area contributed by atoms with Crippen LogP contribution in [0.4, 0.5) is 0 Å². The van der Waals surface area contributed by atoms with Crippen molar-refractivity contribution >= 4 is 11.9 Å². The van der Waals surface area contributed by atoms with E-state index < -0.39 is 5.97 Å². The first-order chi connectivity index (χ1) is 15.0. The number of nitrogens with zero attached hydrogens (tertiary/aromatic N) is 2. The number of carboxylic acid groups (broad SMARTS) is 1. The predicted molar refractivity (Wildman–Crippen MR) is 122 cm³/mol. The maximum Gasteiger partial charge on any atom is 0.303 e. The fraction of sp³-hybridized carbons (Fsp3) is 0.360. The van der Waals surface area contributed by atoms with Gasteiger partial charge in [0.1, 0.15) is 0 Å². The Labute approximate surface area is 184 Å². The van der Waals surface area contributed by atoms with Crippen LogP contribution in [0.25, 0.3) is 0 Å². The van der Waals surface area contributed by atoms with Crippen molar-refractivity contribution in [3.05, 3.63) is 84.0 Å². The average Bonchev–Trinajstić information content (AvgIpc) is 2.75. The molecule has 6 heteroatoms. The van der Waals surface area contributed by atoms with E-state index in [2.05, 4.69) is 27.4 Å². The van der Waals surface area contributed by atoms with Crippen molar-refractivity contribution < 1.29 is 14.7 Å². The molecule has 0 spiro atoms. The van der Waals surface area contributed by atoms with E-state index in [1.54, 1.807) is 30.6 Å². The van der Waals surface area contributed by atoms with Gasteiger partial charge in [0.25, 0.3) is 5.91 Å². The highest BCUT2D eigenvalue weighted by atomic mass is 16.4. The molecule has 2 unspecified atom stereocenters. The minimum absolute atomic E-state index is 0.0334. The first kappa shape index (κ1) is 24.0. The van der Waals surface area contributed by atoms with Crippen LogP contribution in [0.2, 0.25) is 0 Å². The second-order valence-corrected chi connectivity index (χ2v) is 7.55. The standard InChI is InChI=1S/C25H31N3O3/c1-3-4-15-28-25(31)21-11-8-16-27-24(20-9-6-5-7-10-20)22(26-17-14-21)13-12-19(2)18-23(29)30/h3-9,11,14,16-17,19-20H,10,12-13,15,18H2,1-2H3,(H,28,31)(H,29,30)/b4-3+,11-8?,16-8?,17-14?,21-11?,21-14?,24-22?,26-17?,26-22?,27-16?,27-24?. The second kappa shape index (κ2) is 13.1. The number of hydrogen-bond donors (Lipinski definition) is 2. The molecule has 0 radical (unpaired) electrons. The largest absolute Gasteiger partial charge is 0.481 e. The first-order valence-corrected chi connectivity index (χ1v) is 10.6. The van der Waals surface area contributed by atoms with Gasteiger partial charge in [-0.2, -0.15) is 0 Å². The summed E-state index contributed by atoms with van der Waals surface area (Å²) in [5, 5.41) is 11.9. The van der Waals surface area contributed by atoms with Gasteiger partial charge in [0.2, 0.25) is 0 Å². The van der Waals surface area contributed by atoms with E-state index >= 15 is 0 Å². The average molecular weight is 422 g/mol. The van der Waals surface area contributed by atoms with Crippen molar-refractivity contribution in [3.8, 4) is 0 Å². The van der Waals surface area contributed by atoms with Crippen LogP contribution < -0.4 is 5.32 Å². The zero-order valence-electron chi connectivity index (χ0n) is 18.2. The molecule has 0 aromatic carbocycles. The minimum atomic E-state index is -0.795. The van der Waals surface area contributed by atoms with E-state index in [0.29, 0.717) is 24.9 Å². The molecule has 0 fully saturated rings. The minimum Gasteiger partial charge on any atom is -0.481 e. The van der Waals surface area contributed by atoms with Crippen LogP contribution in [0.5, 0.6) is 0 Å². The fourth-order valence-electron chi connectivity index (χ4n) is 3.27. The van der Waals surface area contributed by atoms with Gasteiger partial charge in [-0.05, 0) is 50.3 Å². The SMILES string of the molecule is C/C=C/CNC(=O)c1cccnc(C2C=CC=CC2)c(CCC(C)CC(=O)O)ncc1. The molecule has 0 saturated heterocycles. The van der Waals surface area contributed by atoms with E-state index in [1.807, 2.05) is 38.2 Å². The van der Waals surface area contributed by atoms with Crippen LogP contribution in [0.3, 0.4) is 0 Å². The lowest BCUT2D eigenvalue weighted by Gasteiger charge is -2.15. The molecule has 1 aliphatic rings. The summed E-state index contributed by atoms with van der Waals surface area (Å²) in [5.74, 6) is -0.832. The Bertz CT molecular complexity index is 905. The van der Waals surface area contributed by atoms with E-state index in [9.17, 15) is 9.59 Å². The molecular formula is C25H31N3O3. The van der Waals surface area contributed by atoms with Gasteiger partial charge in [-0.15, -0.1) is 0 Å². The summed E-state index contributed by atoms with van der Waals surface area (Å²) >= 11 is 0. The first-order valence-electron chi connectivity index (χ1n) is 10.6. The number of amides is 1. The number of carbonyl (C=O) groups is 2. The molecule has 1 aliphatic carbocycles. The third-order valence-electron chi connectivity index (χ3n) is 4.96. The van der Waals surface area contributed by atoms with Gasteiger partial charge >= 0.3 is 5.97 Å². The maximum atomic E-state index is 12.4. The van der Waals surface area contributed by atoms with Crippen molar-refractivity contribution in [3.63, 3.8) is 0 Å². The van der Waals surface area contributed by atoms with Crippen LogP contribution in [0, 0.1) is 5.92 Å². The molecule has 31 heavy (non-hydrogen) atoms. The Kier molecular flexibility index (Phi) is 10.1. The van der Waals surface area contributed by atoms with Crippen LogP contribution in [0.1, 0.15) is 60.8 Å². The molecule has 1 aromatic heterocycles. The van der Waals surface area contributed by atoms with E-state index in [4.69, 9.17) is 5.11 Å². The Balaban J connectivity index is 2.36. The number of aliphatic carboxylic acids is 1. The Morgan fingerprint density at radius 1 is 1.26 bits per heavy atom. The summed E-state index contributed by atoms with van der Waals surface area (Å²) in [5.41, 5.74) is 2.18. The highest BCUT2D eigenvalue weighted by Gasteiger charge is 2.16. The van der Waals surface area contributed by atoms with Crippen LogP contribution in [0.15, 0.2) is 67.0 Å². The van der Waals surface area contributed by atoms with Gasteiger partial charge in [0, 0.05) is 36.8 Å². The number of rotatable bonds is 9. The second-order valence-electron chi connectivity index (χ2n) is 7.55. The summed E-state index contributed by atoms with van der Waals surface area (Å²) in [4.78, 5) is 32.7. The number of nitrogens with one attached hydrogen (secondary N) is 1. The molecule has 6 nitrogen and oxygen atoms in total. The Hall–Kier alpha value is -3.28. The zero-order chi connectivity index (χ0) is 22.5. The normalized spacial score (nSPS) is 16.0. The highest BCUT2D eigenvalue weighted by Crippen LogP contribution is 2.25. The lowest BCUT2D eigenvalue weighted by molar-refractivity contribution is -0.138. The third-order valence-corrected chi connectivity index (χ3v) is 4.96. The van der Waals surface area contributed by atoms with Crippen molar-refractivity contribution in [1.82, 2.24) is 15.3 Å². The number of carbonyl (C=O) groups excluding carboxylic acids is 1. The molecule has 0 bridgehead atoms. The Morgan fingerprint density at radius 3 is 2.81 bits per heavy atom. The molecule has 2 rings (SSSR count). The summed E-state index contributed by atoms with van der Waals surface area (Å²) in [6.45, 7) is 4.29. The number of hydrogen-bond acceptors (Lipinski definition) is 4. The third kappa shape index (κ3) is 8.54. The number of allylic oxidation sites excluding steroid dienone is 5. The number of aryl methyl sites for hydroxylation is 1. The van der Waals surface area contributed by atoms with Gasteiger partial charge < -0.3 is 10.4 Å². The highest BCUT2D eigenvalue weighted by molar-refractivity contribution is 5.93. The summed E-state index contributed by atoms with van der Waals surface area (Å²) in [7, 11) is 0. The van der Waals surface area contributed by atoms with Crippen LogP contribution in [-0.4, -0.2) is 33.5 Å². The molecule has 1 aromatic rings. The van der Waals surface area contributed by atoms with Gasteiger partial charge in [-0.3, -0.25) is 19.6 Å². The van der Waals surface area contributed by atoms with Gasteiger partial charge in [0.15, 0.2) is 0 Å². The van der Waals surface area contributed by atoms with Gasteiger partial charge in [0.05, 0.1) is 11.4 Å². The van der Waals surface area contributed by atoms with Crippen molar-refractivity contribution in [2.24, 2.45) is 5.92 Å². The monoisotopic (exact) mass is 421 g/mol. The molecule has 0 saturated carbocycles. The summed E-state index contributed by atoms with van der Waals surface area (Å²) in [6.07, 6.45) is 17.6. The topological polar surface area (TPSA) is 92.2 Å². The molecule has 1 heterocycles. The molecular weight excluding hydrogens is 390 g/mol. The summed E-state index contributed by atoms with van der Waals surface area (Å²) in [6, 6.07) is 5.16. The molecule has 1 amide bonds. The quantitative estimate of drug-likeness (QED) is 0.571. The van der Waals surface area contributed by atoms with E-state index in [-0.39, 0.29) is 24.2 Å². The molecule has 2 N–H and O–H groups in total. The molecule has 0 aliphatic heterocycles. The van der Waals surface area contributed by atoms with E-state index in [1.165, 1.54) is 0 Å². The molecule has 2 atom stereocenters. The Morgan fingerprint density at radius 2 is 2.10 bits per heavy atom. The lowest BCUT2D eigenvalue weighted by Crippen LogP contribution is -2.22. The van der Waals surface area contributed by atoms with Crippen LogP contribution in [-0.2, 0) is 11.2 Å². The van der Waals surface area contributed by atoms with E-state index in [0.717, 1.165) is 17.8 Å². The van der Waals surface area contributed by atoms with Crippen LogP contribution >= 0.6 is 0 Å². The number of aromatic nitrogens is 2.